The van der Waals surface area contributed by atoms with Gasteiger partial charge in [0.25, 0.3) is 0 Å². The fraction of sp³-hybridized carbons (Fsp3) is 0.611. The Kier molecular flexibility index (Phi) is 6.25. The number of likely N-dealkylation sites (N-methyl/N-ethyl adjacent to an activating group) is 1. The van der Waals surface area contributed by atoms with Crippen molar-refractivity contribution in [2.75, 3.05) is 33.3 Å². The zero-order valence-electron chi connectivity index (χ0n) is 13.8. The number of quaternary nitrogens is 1. The Morgan fingerprint density at radius 1 is 1.14 bits per heavy atom. The van der Waals surface area contributed by atoms with Crippen molar-refractivity contribution in [3.63, 3.8) is 0 Å². The van der Waals surface area contributed by atoms with Crippen molar-refractivity contribution >= 4 is 5.97 Å². The minimum absolute atomic E-state index is 0.194. The third-order valence-corrected chi connectivity index (χ3v) is 4.30. The van der Waals surface area contributed by atoms with Gasteiger partial charge in [-0.05, 0) is 37.8 Å². The predicted octanol–water partition coefficient (Wildman–Crippen LogP) is 3.02. The van der Waals surface area contributed by atoms with E-state index in [2.05, 4.69) is 7.05 Å². The van der Waals surface area contributed by atoms with Gasteiger partial charge in [-0.2, -0.15) is 0 Å². The van der Waals surface area contributed by atoms with Crippen LogP contribution in [-0.4, -0.2) is 49.8 Å². The number of esters is 1. The molecule has 1 aliphatic rings. The van der Waals surface area contributed by atoms with E-state index in [-0.39, 0.29) is 12.1 Å². The zero-order chi connectivity index (χ0) is 15.8. The lowest BCUT2D eigenvalue weighted by Gasteiger charge is -2.36. The highest BCUT2D eigenvalue weighted by molar-refractivity contribution is 5.66. The van der Waals surface area contributed by atoms with Crippen LogP contribution in [0.25, 0.3) is 0 Å². The molecule has 2 rings (SSSR count). The lowest BCUT2D eigenvalue weighted by molar-refractivity contribution is -0.911. The number of para-hydroxylation sites is 1. The fourth-order valence-electron chi connectivity index (χ4n) is 3.19. The average molecular weight is 306 g/mol. The summed E-state index contributed by atoms with van der Waals surface area (Å²) in [4.78, 5) is 11.4. The van der Waals surface area contributed by atoms with E-state index < -0.39 is 0 Å². The van der Waals surface area contributed by atoms with E-state index in [1.165, 1.54) is 32.6 Å². The van der Waals surface area contributed by atoms with Crippen molar-refractivity contribution < 1.29 is 18.8 Å². The molecule has 0 saturated carbocycles. The highest BCUT2D eigenvalue weighted by Gasteiger charge is 2.29. The van der Waals surface area contributed by atoms with Gasteiger partial charge in [-0.15, -0.1) is 0 Å². The van der Waals surface area contributed by atoms with Crippen molar-refractivity contribution in [1.29, 1.82) is 0 Å². The lowest BCUT2D eigenvalue weighted by atomic mass is 10.2. The molecule has 4 nitrogen and oxygen atoms in total. The summed E-state index contributed by atoms with van der Waals surface area (Å²) in [6, 6.07) is 9.69. The summed E-state index contributed by atoms with van der Waals surface area (Å²) in [5.74, 6) is 0.584. The average Bonchev–Trinajstić information content (AvgIpc) is 2.70. The Balaban J connectivity index is 1.94. The van der Waals surface area contributed by atoms with Crippen LogP contribution in [-0.2, 0) is 9.53 Å². The van der Waals surface area contributed by atoms with E-state index in [1.54, 1.807) is 0 Å². The number of rotatable bonds is 6. The van der Waals surface area contributed by atoms with E-state index in [0.717, 1.165) is 29.9 Å². The normalized spacial score (nSPS) is 19.0. The number of carbonyl (C=O) groups excluding carboxylic acids is 1. The van der Waals surface area contributed by atoms with Crippen molar-refractivity contribution in [3.8, 4) is 5.75 Å². The van der Waals surface area contributed by atoms with Crippen molar-refractivity contribution in [1.82, 2.24) is 0 Å². The van der Waals surface area contributed by atoms with Gasteiger partial charge >= 0.3 is 5.97 Å². The summed E-state index contributed by atoms with van der Waals surface area (Å²) in [5.41, 5.74) is 0. The zero-order valence-corrected chi connectivity index (χ0v) is 13.8. The molecule has 0 aromatic heterocycles. The van der Waals surface area contributed by atoms with Crippen LogP contribution >= 0.6 is 0 Å². The highest BCUT2D eigenvalue weighted by Crippen LogP contribution is 2.18. The molecule has 0 amide bonds. The molecule has 1 fully saturated rings. The first kappa shape index (κ1) is 16.8. The largest absolute Gasteiger partial charge is 0.489 e. The van der Waals surface area contributed by atoms with Crippen LogP contribution in [0.5, 0.6) is 5.75 Å². The minimum atomic E-state index is -0.233. The molecule has 0 spiro atoms. The number of carbonyl (C=O) groups is 1. The molecule has 1 aromatic carbocycles. The number of ether oxygens (including phenoxy) is 2. The number of hydrogen-bond donors (Lipinski definition) is 0. The summed E-state index contributed by atoms with van der Waals surface area (Å²) in [5, 5.41) is 0. The molecule has 0 N–H and O–H groups in total. The molecule has 0 aliphatic carbocycles. The molecule has 0 radical (unpaired) electrons. The number of benzene rings is 1. The second-order valence-electron chi connectivity index (χ2n) is 6.52. The lowest BCUT2D eigenvalue weighted by Crippen LogP contribution is -2.51. The van der Waals surface area contributed by atoms with Crippen LogP contribution < -0.4 is 4.74 Å². The van der Waals surface area contributed by atoms with E-state index in [1.807, 2.05) is 30.3 Å². The maximum absolute atomic E-state index is 11.4. The molecule has 0 bridgehead atoms. The van der Waals surface area contributed by atoms with Crippen LogP contribution in [0.3, 0.4) is 0 Å². The van der Waals surface area contributed by atoms with Gasteiger partial charge in [-0.1, -0.05) is 18.2 Å². The maximum Gasteiger partial charge on any atom is 0.303 e. The molecule has 1 aliphatic heterocycles. The van der Waals surface area contributed by atoms with Crippen molar-refractivity contribution in [2.24, 2.45) is 0 Å². The van der Waals surface area contributed by atoms with Gasteiger partial charge in [0.05, 0.1) is 20.1 Å². The standard InChI is InChI=1S/C18H28NO3/c1-16(20)22-18(15-21-17-10-6-5-7-11-17)14-19(2)12-8-3-4-9-13-19/h5-7,10-11,18H,3-4,8-9,12-15H2,1-2H3/q+1. The van der Waals surface area contributed by atoms with Gasteiger partial charge in [0.15, 0.2) is 6.10 Å². The highest BCUT2D eigenvalue weighted by atomic mass is 16.6. The molecule has 1 unspecified atom stereocenters. The van der Waals surface area contributed by atoms with Gasteiger partial charge in [0.1, 0.15) is 18.9 Å². The Bertz CT molecular complexity index is 453. The van der Waals surface area contributed by atoms with E-state index in [4.69, 9.17) is 9.47 Å². The minimum Gasteiger partial charge on any atom is -0.489 e. The first-order valence-corrected chi connectivity index (χ1v) is 8.26. The number of hydrogen-bond acceptors (Lipinski definition) is 3. The van der Waals surface area contributed by atoms with E-state index in [9.17, 15) is 4.79 Å². The van der Waals surface area contributed by atoms with Gasteiger partial charge in [-0.3, -0.25) is 4.79 Å². The summed E-state index contributed by atoms with van der Waals surface area (Å²) < 4.78 is 12.3. The van der Waals surface area contributed by atoms with Crippen LogP contribution in [0.2, 0.25) is 0 Å². The van der Waals surface area contributed by atoms with Crippen LogP contribution in [0.15, 0.2) is 30.3 Å². The molecule has 4 heteroatoms. The molecule has 122 valence electrons. The second-order valence-corrected chi connectivity index (χ2v) is 6.52. The van der Waals surface area contributed by atoms with Crippen LogP contribution in [0, 0.1) is 0 Å². The molecule has 22 heavy (non-hydrogen) atoms. The van der Waals surface area contributed by atoms with Crippen LogP contribution in [0.1, 0.15) is 32.6 Å². The Hall–Kier alpha value is -1.55. The van der Waals surface area contributed by atoms with Crippen molar-refractivity contribution in [2.45, 2.75) is 38.7 Å². The smallest absolute Gasteiger partial charge is 0.303 e. The maximum atomic E-state index is 11.4. The van der Waals surface area contributed by atoms with Gasteiger partial charge < -0.3 is 14.0 Å². The Morgan fingerprint density at radius 3 is 2.36 bits per heavy atom. The fourth-order valence-corrected chi connectivity index (χ4v) is 3.19. The molecule has 1 atom stereocenters. The van der Waals surface area contributed by atoms with Gasteiger partial charge in [-0.25, -0.2) is 0 Å². The topological polar surface area (TPSA) is 35.5 Å². The number of nitrogens with zero attached hydrogens (tertiary/aromatic N) is 1. The first-order chi connectivity index (χ1) is 10.6. The number of likely N-dealkylation sites (tertiary alicyclic amines) is 1. The molecular weight excluding hydrogens is 278 g/mol. The quantitative estimate of drug-likeness (QED) is 0.598. The molecule has 1 aromatic rings. The molecule has 1 saturated heterocycles. The van der Waals surface area contributed by atoms with Gasteiger partial charge in [0.2, 0.25) is 0 Å². The summed E-state index contributed by atoms with van der Waals surface area (Å²) >= 11 is 0. The third-order valence-electron chi connectivity index (χ3n) is 4.30. The van der Waals surface area contributed by atoms with Gasteiger partial charge in [0, 0.05) is 6.92 Å². The SMILES string of the molecule is CC(=O)OC(COc1ccccc1)C[N+]1(C)CCCCCC1. The van der Waals surface area contributed by atoms with E-state index >= 15 is 0 Å². The second kappa shape index (κ2) is 8.18. The van der Waals surface area contributed by atoms with Crippen molar-refractivity contribution in [3.05, 3.63) is 30.3 Å². The van der Waals surface area contributed by atoms with Crippen LogP contribution in [0.4, 0.5) is 0 Å². The summed E-state index contributed by atoms with van der Waals surface area (Å²) in [7, 11) is 2.27. The predicted molar refractivity (Wildman–Crippen MR) is 86.7 cm³/mol. The summed E-state index contributed by atoms with van der Waals surface area (Å²) in [6.45, 7) is 5.02. The first-order valence-electron chi connectivity index (χ1n) is 8.26. The monoisotopic (exact) mass is 306 g/mol. The van der Waals surface area contributed by atoms with E-state index in [0.29, 0.717) is 6.61 Å². The summed E-state index contributed by atoms with van der Waals surface area (Å²) in [6.07, 6.45) is 4.94. The Labute approximate surface area is 133 Å². The molecular formula is C18H28NO3+. The third kappa shape index (κ3) is 5.68. The Morgan fingerprint density at radius 2 is 1.77 bits per heavy atom. The molecule has 1 heterocycles.